The van der Waals surface area contributed by atoms with E-state index in [1.54, 1.807) is 6.92 Å². The van der Waals surface area contributed by atoms with E-state index in [4.69, 9.17) is 9.47 Å². The second kappa shape index (κ2) is 7.97. The molecule has 0 unspecified atom stereocenters. The minimum absolute atomic E-state index is 0.0984. The number of allylic oxidation sites excluding steroid dienone is 2. The quantitative estimate of drug-likeness (QED) is 0.488. The van der Waals surface area contributed by atoms with Crippen molar-refractivity contribution in [3.8, 4) is 0 Å². The zero-order valence-electron chi connectivity index (χ0n) is 19.4. The molecule has 0 aromatic carbocycles. The van der Waals surface area contributed by atoms with Gasteiger partial charge in [-0.25, -0.2) is 0 Å². The van der Waals surface area contributed by atoms with E-state index >= 15 is 0 Å². The Labute approximate surface area is 180 Å². The Morgan fingerprint density at radius 3 is 2.43 bits per heavy atom. The lowest BCUT2D eigenvalue weighted by Gasteiger charge is -2.34. The van der Waals surface area contributed by atoms with Gasteiger partial charge in [0.05, 0.1) is 5.92 Å². The third kappa shape index (κ3) is 3.88. The fourth-order valence-corrected chi connectivity index (χ4v) is 5.78. The zero-order valence-corrected chi connectivity index (χ0v) is 19.4. The summed E-state index contributed by atoms with van der Waals surface area (Å²) in [5, 5.41) is 0. The lowest BCUT2D eigenvalue weighted by atomic mass is 9.81. The van der Waals surface area contributed by atoms with Crippen LogP contribution in [0.5, 0.6) is 0 Å². The number of carbonyl (C=O) groups excluding carboxylic acids is 3. The van der Waals surface area contributed by atoms with Gasteiger partial charge in [-0.05, 0) is 55.4 Å². The molecule has 5 nitrogen and oxygen atoms in total. The van der Waals surface area contributed by atoms with Gasteiger partial charge in [-0.3, -0.25) is 14.4 Å². The lowest BCUT2D eigenvalue weighted by molar-refractivity contribution is -0.170. The first-order valence-electron chi connectivity index (χ1n) is 11.2. The molecule has 0 amide bonds. The largest absolute Gasteiger partial charge is 0.461 e. The second-order valence-electron chi connectivity index (χ2n) is 10.2. The number of fused-ring (bicyclic) bond motifs is 2. The van der Waals surface area contributed by atoms with E-state index in [9.17, 15) is 14.4 Å². The molecular formula is C25H36O5. The van der Waals surface area contributed by atoms with E-state index in [0.29, 0.717) is 23.8 Å². The summed E-state index contributed by atoms with van der Waals surface area (Å²) in [5.41, 5.74) is 0.642. The Balaban J connectivity index is 2.12. The highest BCUT2D eigenvalue weighted by Gasteiger charge is 2.61. The normalized spacial score (nSPS) is 41.2. The number of esters is 2. The molecule has 0 heterocycles. The van der Waals surface area contributed by atoms with Crippen LogP contribution in [-0.2, 0) is 23.9 Å². The first-order valence-corrected chi connectivity index (χ1v) is 11.2. The Morgan fingerprint density at radius 1 is 1.17 bits per heavy atom. The highest BCUT2D eigenvalue weighted by molar-refractivity contribution is 6.03. The van der Waals surface area contributed by atoms with Gasteiger partial charge in [0.25, 0.3) is 0 Å². The van der Waals surface area contributed by atoms with Crippen LogP contribution in [0.1, 0.15) is 74.1 Å². The van der Waals surface area contributed by atoms with Crippen molar-refractivity contribution in [3.63, 3.8) is 0 Å². The molecule has 0 aromatic heterocycles. The van der Waals surface area contributed by atoms with Crippen molar-refractivity contribution in [3.05, 3.63) is 23.3 Å². The molecule has 6 atom stereocenters. The van der Waals surface area contributed by atoms with E-state index in [-0.39, 0.29) is 29.5 Å². The molecule has 0 bridgehead atoms. The number of ketones is 1. The van der Waals surface area contributed by atoms with Crippen molar-refractivity contribution < 1.29 is 23.9 Å². The third-order valence-corrected chi connectivity index (χ3v) is 7.59. The number of hydrogen-bond acceptors (Lipinski definition) is 5. The Kier molecular flexibility index (Phi) is 6.05. The standard InChI is InChI=1S/C25H36O5/c1-8-21(27)29-22-16(4)13-25(30-17(5)26)20(22)11-14(2)9-10-18-19(24(18,6)7)12-15(3)23(25)28/h11-12,16,18-20,22H,8-10,13H2,1-7H3/b14-11+,15-12+/t16-,18-,19+,20-,22-,25+/m0/s1. The van der Waals surface area contributed by atoms with Gasteiger partial charge in [0, 0.05) is 19.8 Å². The molecule has 0 saturated heterocycles. The molecule has 3 rings (SSSR count). The van der Waals surface area contributed by atoms with Crippen LogP contribution in [0.25, 0.3) is 0 Å². The summed E-state index contributed by atoms with van der Waals surface area (Å²) in [4.78, 5) is 38.1. The van der Waals surface area contributed by atoms with Crippen LogP contribution in [0.2, 0.25) is 0 Å². The van der Waals surface area contributed by atoms with E-state index < -0.39 is 23.6 Å². The van der Waals surface area contributed by atoms with Crippen LogP contribution in [0.3, 0.4) is 0 Å². The summed E-state index contributed by atoms with van der Waals surface area (Å²) in [6.07, 6.45) is 6.23. The van der Waals surface area contributed by atoms with Crippen molar-refractivity contribution in [2.24, 2.45) is 29.1 Å². The molecule has 3 aliphatic rings. The third-order valence-electron chi connectivity index (χ3n) is 7.59. The van der Waals surface area contributed by atoms with Crippen molar-refractivity contribution in [1.82, 2.24) is 0 Å². The molecule has 0 aromatic rings. The molecule has 3 aliphatic carbocycles. The predicted molar refractivity (Wildman–Crippen MR) is 114 cm³/mol. The molecular weight excluding hydrogens is 380 g/mol. The van der Waals surface area contributed by atoms with Crippen LogP contribution in [0, 0.1) is 29.1 Å². The number of carbonyl (C=O) groups is 3. The molecule has 30 heavy (non-hydrogen) atoms. The van der Waals surface area contributed by atoms with Gasteiger partial charge in [0.2, 0.25) is 5.78 Å². The fourth-order valence-electron chi connectivity index (χ4n) is 5.78. The molecule has 2 fully saturated rings. The summed E-state index contributed by atoms with van der Waals surface area (Å²) >= 11 is 0. The minimum Gasteiger partial charge on any atom is -0.461 e. The number of ether oxygens (including phenoxy) is 2. The smallest absolute Gasteiger partial charge is 0.305 e. The molecule has 0 aliphatic heterocycles. The SMILES string of the molecule is CCC(=O)O[C@H]1[C@@H](C)C[C@]2(OC(C)=O)C(=O)/C(C)=C/[C@@H]3[C@H](CC/C(C)=C/[C@@H]12)C3(C)C. The molecule has 5 heteroatoms. The summed E-state index contributed by atoms with van der Waals surface area (Å²) in [6, 6.07) is 0. The predicted octanol–water partition coefficient (Wildman–Crippen LogP) is 4.79. The molecule has 166 valence electrons. The van der Waals surface area contributed by atoms with Crippen LogP contribution in [-0.4, -0.2) is 29.4 Å². The van der Waals surface area contributed by atoms with Crippen molar-refractivity contribution in [2.75, 3.05) is 0 Å². The maximum atomic E-state index is 13.8. The number of Topliss-reactive ketones (excluding diaryl/α,β-unsaturated/α-hetero) is 1. The highest BCUT2D eigenvalue weighted by Crippen LogP contribution is 2.62. The number of hydrogen-bond donors (Lipinski definition) is 0. The van der Waals surface area contributed by atoms with Gasteiger partial charge in [0.1, 0.15) is 6.10 Å². The maximum absolute atomic E-state index is 13.8. The van der Waals surface area contributed by atoms with Gasteiger partial charge >= 0.3 is 11.9 Å². The average molecular weight is 417 g/mol. The molecule has 0 N–H and O–H groups in total. The van der Waals surface area contributed by atoms with Gasteiger partial charge in [-0.15, -0.1) is 0 Å². The zero-order chi connectivity index (χ0) is 22.4. The van der Waals surface area contributed by atoms with Gasteiger partial charge < -0.3 is 9.47 Å². The van der Waals surface area contributed by atoms with Crippen molar-refractivity contribution in [1.29, 1.82) is 0 Å². The summed E-state index contributed by atoms with van der Waals surface area (Å²) in [7, 11) is 0. The first-order chi connectivity index (χ1) is 13.9. The summed E-state index contributed by atoms with van der Waals surface area (Å²) < 4.78 is 11.7. The minimum atomic E-state index is -1.33. The van der Waals surface area contributed by atoms with Crippen LogP contribution in [0.15, 0.2) is 23.3 Å². The topological polar surface area (TPSA) is 69.7 Å². The van der Waals surface area contributed by atoms with E-state index in [0.717, 1.165) is 18.4 Å². The molecule has 0 radical (unpaired) electrons. The number of rotatable bonds is 3. The molecule has 2 saturated carbocycles. The fraction of sp³-hybridized carbons (Fsp3) is 0.720. The van der Waals surface area contributed by atoms with Crippen molar-refractivity contribution >= 4 is 17.7 Å². The summed E-state index contributed by atoms with van der Waals surface area (Å²) in [5.74, 6) is -0.623. The average Bonchev–Trinajstić information content (AvgIpc) is 3.07. The van der Waals surface area contributed by atoms with Crippen molar-refractivity contribution in [2.45, 2.75) is 85.9 Å². The van der Waals surface area contributed by atoms with Crippen LogP contribution >= 0.6 is 0 Å². The highest BCUT2D eigenvalue weighted by atomic mass is 16.6. The van der Waals surface area contributed by atoms with E-state index in [1.165, 1.54) is 6.92 Å². The molecule has 0 spiro atoms. The van der Waals surface area contributed by atoms with Gasteiger partial charge in [0.15, 0.2) is 5.60 Å². The van der Waals surface area contributed by atoms with E-state index in [1.807, 2.05) is 19.9 Å². The lowest BCUT2D eigenvalue weighted by Crippen LogP contribution is -2.48. The van der Waals surface area contributed by atoms with Crippen LogP contribution in [0.4, 0.5) is 0 Å². The van der Waals surface area contributed by atoms with Gasteiger partial charge in [-0.2, -0.15) is 0 Å². The Morgan fingerprint density at radius 2 is 1.83 bits per heavy atom. The maximum Gasteiger partial charge on any atom is 0.305 e. The van der Waals surface area contributed by atoms with Crippen LogP contribution < -0.4 is 0 Å². The Bertz CT molecular complexity index is 804. The second-order valence-corrected chi connectivity index (χ2v) is 10.2. The van der Waals surface area contributed by atoms with Gasteiger partial charge in [-0.1, -0.05) is 45.4 Å². The summed E-state index contributed by atoms with van der Waals surface area (Å²) in [6.45, 7) is 13.5. The Hall–Kier alpha value is -1.91. The van der Waals surface area contributed by atoms with E-state index in [2.05, 4.69) is 26.8 Å². The monoisotopic (exact) mass is 416 g/mol. The first kappa shape index (κ1) is 22.8.